The van der Waals surface area contributed by atoms with Gasteiger partial charge in [-0.1, -0.05) is 17.7 Å². The van der Waals surface area contributed by atoms with Crippen molar-refractivity contribution >= 4 is 23.4 Å². The molecule has 0 aromatic heterocycles. The predicted octanol–water partition coefficient (Wildman–Crippen LogP) is 2.00. The maximum Gasteiger partial charge on any atom is 0.242 e. The van der Waals surface area contributed by atoms with E-state index in [4.69, 9.17) is 16.3 Å². The number of hydrogen-bond donors (Lipinski definition) is 0. The minimum Gasteiger partial charge on any atom is -0.370 e. The lowest BCUT2D eigenvalue weighted by Gasteiger charge is -2.34. The van der Waals surface area contributed by atoms with Crippen molar-refractivity contribution in [3.63, 3.8) is 0 Å². The molecule has 1 aromatic carbocycles. The Morgan fingerprint density at radius 1 is 1.39 bits per heavy atom. The van der Waals surface area contributed by atoms with Crippen LogP contribution in [0.2, 0.25) is 5.02 Å². The molecule has 2 aliphatic rings. The fourth-order valence-corrected chi connectivity index (χ4v) is 3.25. The van der Waals surface area contributed by atoms with E-state index < -0.39 is 5.82 Å². The molecule has 1 unspecified atom stereocenters. The Labute approximate surface area is 138 Å². The molecule has 2 saturated heterocycles. The van der Waals surface area contributed by atoms with Crippen LogP contribution in [0.3, 0.4) is 0 Å². The summed E-state index contributed by atoms with van der Waals surface area (Å²) in [6.45, 7) is 1.98. The van der Waals surface area contributed by atoms with E-state index >= 15 is 0 Å². The van der Waals surface area contributed by atoms with Crippen LogP contribution < -0.4 is 0 Å². The van der Waals surface area contributed by atoms with Gasteiger partial charge in [0.1, 0.15) is 11.9 Å². The smallest absolute Gasteiger partial charge is 0.242 e. The van der Waals surface area contributed by atoms with Crippen molar-refractivity contribution < 1.29 is 18.7 Å². The van der Waals surface area contributed by atoms with Crippen molar-refractivity contribution in [1.82, 2.24) is 9.80 Å². The highest BCUT2D eigenvalue weighted by atomic mass is 35.5. The maximum atomic E-state index is 13.2. The first-order valence-corrected chi connectivity index (χ1v) is 8.04. The van der Waals surface area contributed by atoms with E-state index in [2.05, 4.69) is 0 Å². The number of likely N-dealkylation sites (tertiary alicyclic amines) is 1. The summed E-state index contributed by atoms with van der Waals surface area (Å²) in [6, 6.07) is 4.15. The van der Waals surface area contributed by atoms with Gasteiger partial charge in [-0.15, -0.1) is 0 Å². The Morgan fingerprint density at radius 3 is 2.91 bits per heavy atom. The number of halogens is 2. The number of carbonyl (C=O) groups is 2. The van der Waals surface area contributed by atoms with E-state index in [1.165, 1.54) is 12.1 Å². The van der Waals surface area contributed by atoms with Crippen LogP contribution in [-0.2, 0) is 14.3 Å². The van der Waals surface area contributed by atoms with Gasteiger partial charge in [0.05, 0.1) is 19.7 Å². The SMILES string of the molecule is O=C1CCCN1CC(=O)N1CCOC(c2ccc(F)cc2Cl)C1. The number of amides is 2. The molecule has 5 nitrogen and oxygen atoms in total. The molecule has 1 atom stereocenters. The molecule has 2 amide bonds. The predicted molar refractivity (Wildman–Crippen MR) is 82.5 cm³/mol. The zero-order valence-corrected chi connectivity index (χ0v) is 13.4. The third-order valence-electron chi connectivity index (χ3n) is 4.23. The number of benzene rings is 1. The van der Waals surface area contributed by atoms with Crippen LogP contribution in [-0.4, -0.2) is 54.4 Å². The minimum atomic E-state index is -0.407. The number of hydrogen-bond acceptors (Lipinski definition) is 3. The van der Waals surface area contributed by atoms with Crippen LogP contribution in [0, 0.1) is 5.82 Å². The van der Waals surface area contributed by atoms with Crippen molar-refractivity contribution in [2.75, 3.05) is 32.8 Å². The van der Waals surface area contributed by atoms with Gasteiger partial charge in [0.25, 0.3) is 0 Å². The van der Waals surface area contributed by atoms with Crippen LogP contribution >= 0.6 is 11.6 Å². The number of rotatable bonds is 3. The zero-order chi connectivity index (χ0) is 16.4. The molecule has 0 bridgehead atoms. The molecule has 3 rings (SSSR count). The van der Waals surface area contributed by atoms with E-state index in [-0.39, 0.29) is 24.5 Å². The molecule has 2 fully saturated rings. The quantitative estimate of drug-likeness (QED) is 0.845. The number of ether oxygens (including phenoxy) is 1. The van der Waals surface area contributed by atoms with Crippen molar-refractivity contribution in [3.05, 3.63) is 34.6 Å². The lowest BCUT2D eigenvalue weighted by molar-refractivity contribution is -0.143. The van der Waals surface area contributed by atoms with Crippen molar-refractivity contribution in [1.29, 1.82) is 0 Å². The summed E-state index contributed by atoms with van der Waals surface area (Å²) in [4.78, 5) is 27.3. The molecular formula is C16H18ClFN2O3. The first-order chi connectivity index (χ1) is 11.0. The summed E-state index contributed by atoms with van der Waals surface area (Å²) >= 11 is 6.07. The van der Waals surface area contributed by atoms with Gasteiger partial charge in [-0.2, -0.15) is 0 Å². The Kier molecular flexibility index (Phi) is 4.82. The molecular weight excluding hydrogens is 323 g/mol. The molecule has 0 N–H and O–H groups in total. The van der Waals surface area contributed by atoms with Gasteiger partial charge in [0, 0.05) is 30.1 Å². The third-order valence-corrected chi connectivity index (χ3v) is 4.55. The van der Waals surface area contributed by atoms with E-state index in [9.17, 15) is 14.0 Å². The average Bonchev–Trinajstić information content (AvgIpc) is 2.92. The number of carbonyl (C=O) groups excluding carboxylic acids is 2. The molecule has 1 aromatic rings. The van der Waals surface area contributed by atoms with Gasteiger partial charge >= 0.3 is 0 Å². The Balaban J connectivity index is 1.65. The van der Waals surface area contributed by atoms with Crippen LogP contribution in [0.5, 0.6) is 0 Å². The number of morpholine rings is 1. The summed E-state index contributed by atoms with van der Waals surface area (Å²) < 4.78 is 18.8. The van der Waals surface area contributed by atoms with E-state index in [0.29, 0.717) is 43.2 Å². The Bertz CT molecular complexity index is 625. The monoisotopic (exact) mass is 340 g/mol. The van der Waals surface area contributed by atoms with Gasteiger partial charge in [0.2, 0.25) is 11.8 Å². The molecule has 23 heavy (non-hydrogen) atoms. The van der Waals surface area contributed by atoms with Crippen molar-refractivity contribution in [2.24, 2.45) is 0 Å². The van der Waals surface area contributed by atoms with E-state index in [0.717, 1.165) is 6.42 Å². The molecule has 0 radical (unpaired) electrons. The van der Waals surface area contributed by atoms with E-state index in [1.807, 2.05) is 0 Å². The average molecular weight is 341 g/mol. The first-order valence-electron chi connectivity index (χ1n) is 7.66. The van der Waals surface area contributed by atoms with Crippen LogP contribution in [0.25, 0.3) is 0 Å². The zero-order valence-electron chi connectivity index (χ0n) is 12.6. The van der Waals surface area contributed by atoms with Crippen LogP contribution in [0.1, 0.15) is 24.5 Å². The lowest BCUT2D eigenvalue weighted by Crippen LogP contribution is -2.47. The van der Waals surface area contributed by atoms with Crippen molar-refractivity contribution in [2.45, 2.75) is 18.9 Å². The Hall–Kier alpha value is -1.66. The van der Waals surface area contributed by atoms with Gasteiger partial charge < -0.3 is 14.5 Å². The normalized spacial score (nSPS) is 21.8. The second-order valence-corrected chi connectivity index (χ2v) is 6.19. The fourth-order valence-electron chi connectivity index (χ4n) is 2.96. The van der Waals surface area contributed by atoms with Gasteiger partial charge in [-0.05, 0) is 18.6 Å². The highest BCUT2D eigenvalue weighted by Gasteiger charge is 2.29. The second kappa shape index (κ2) is 6.84. The summed E-state index contributed by atoms with van der Waals surface area (Å²) in [5, 5.41) is 0.291. The maximum absolute atomic E-state index is 13.2. The molecule has 124 valence electrons. The first kappa shape index (κ1) is 16.2. The standard InChI is InChI=1S/C16H18ClFN2O3/c17-13-8-11(18)3-4-12(13)14-9-20(6-7-23-14)16(22)10-19-5-1-2-15(19)21/h3-4,8,14H,1-2,5-7,9-10H2. The van der Waals surface area contributed by atoms with Gasteiger partial charge in [-0.25, -0.2) is 4.39 Å². The van der Waals surface area contributed by atoms with Crippen molar-refractivity contribution in [3.8, 4) is 0 Å². The van der Waals surface area contributed by atoms with Gasteiger partial charge in [0.15, 0.2) is 0 Å². The third kappa shape index (κ3) is 3.64. The van der Waals surface area contributed by atoms with Crippen LogP contribution in [0.4, 0.5) is 4.39 Å². The minimum absolute atomic E-state index is 0.0322. The highest BCUT2D eigenvalue weighted by molar-refractivity contribution is 6.31. The molecule has 0 spiro atoms. The Morgan fingerprint density at radius 2 is 2.22 bits per heavy atom. The topological polar surface area (TPSA) is 49.9 Å². The summed E-state index contributed by atoms with van der Waals surface area (Å²) in [7, 11) is 0. The largest absolute Gasteiger partial charge is 0.370 e. The van der Waals surface area contributed by atoms with Gasteiger partial charge in [-0.3, -0.25) is 9.59 Å². The summed E-state index contributed by atoms with van der Waals surface area (Å²) in [5.41, 5.74) is 0.669. The molecule has 2 heterocycles. The highest BCUT2D eigenvalue weighted by Crippen LogP contribution is 2.29. The molecule has 0 saturated carbocycles. The van der Waals surface area contributed by atoms with Crippen LogP contribution in [0.15, 0.2) is 18.2 Å². The summed E-state index contributed by atoms with van der Waals surface area (Å²) in [6.07, 6.45) is 0.947. The molecule has 7 heteroatoms. The fraction of sp³-hybridized carbons (Fsp3) is 0.500. The molecule has 2 aliphatic heterocycles. The lowest BCUT2D eigenvalue weighted by atomic mass is 10.1. The number of nitrogens with zero attached hydrogens (tertiary/aromatic N) is 2. The van der Waals surface area contributed by atoms with E-state index in [1.54, 1.807) is 15.9 Å². The summed E-state index contributed by atoms with van der Waals surface area (Å²) in [5.74, 6) is -0.466. The molecule has 0 aliphatic carbocycles. The second-order valence-electron chi connectivity index (χ2n) is 5.78.